The van der Waals surface area contributed by atoms with E-state index in [1.807, 2.05) is 31.2 Å². The van der Waals surface area contributed by atoms with E-state index in [0.29, 0.717) is 23.4 Å². The molecule has 0 aliphatic heterocycles. The highest BCUT2D eigenvalue weighted by Crippen LogP contribution is 2.32. The summed E-state index contributed by atoms with van der Waals surface area (Å²) in [5.41, 5.74) is 1.08. The van der Waals surface area contributed by atoms with Crippen LogP contribution in [0.3, 0.4) is 0 Å². The third kappa shape index (κ3) is 5.06. The van der Waals surface area contributed by atoms with Crippen LogP contribution in [0, 0.1) is 0 Å². The minimum absolute atomic E-state index is 0.0781. The minimum Gasteiger partial charge on any atom is -0.483 e. The Morgan fingerprint density at radius 2 is 1.86 bits per heavy atom. The largest absolute Gasteiger partial charge is 0.483 e. The summed E-state index contributed by atoms with van der Waals surface area (Å²) in [6.45, 7) is 1.86. The smallest absolute Gasteiger partial charge is 0.416 e. The summed E-state index contributed by atoms with van der Waals surface area (Å²) >= 11 is 0. The average molecular weight is 403 g/mol. The van der Waals surface area contributed by atoms with Gasteiger partial charge in [0.05, 0.1) is 12.2 Å². The predicted octanol–water partition coefficient (Wildman–Crippen LogP) is 5.90. The average Bonchev–Trinajstić information content (AvgIpc) is 3.20. The van der Waals surface area contributed by atoms with Crippen molar-refractivity contribution in [2.75, 3.05) is 6.61 Å². The molecule has 1 heterocycles. The lowest BCUT2D eigenvalue weighted by Gasteiger charge is -2.17. The number of ether oxygens (including phenoxy) is 1. The van der Waals surface area contributed by atoms with Crippen LogP contribution >= 0.6 is 0 Å². The molecule has 0 radical (unpaired) electrons. The molecule has 152 valence electrons. The van der Waals surface area contributed by atoms with Crippen LogP contribution in [0.1, 0.15) is 36.3 Å². The lowest BCUT2D eigenvalue weighted by molar-refractivity contribution is -0.137. The highest BCUT2D eigenvalue weighted by molar-refractivity contribution is 5.57. The number of hydrogen-bond donors (Lipinski definition) is 1. The number of aromatic nitrogens is 1. The zero-order chi connectivity index (χ0) is 20.9. The fourth-order valence-corrected chi connectivity index (χ4v) is 2.78. The number of hydrogen-bond acceptors (Lipinski definition) is 4. The Balaban J connectivity index is 1.81. The van der Waals surface area contributed by atoms with Gasteiger partial charge in [0.1, 0.15) is 23.8 Å². The Morgan fingerprint density at radius 1 is 1.14 bits per heavy atom. The van der Waals surface area contributed by atoms with Crippen LogP contribution in [0.2, 0.25) is 0 Å². The van der Waals surface area contributed by atoms with Gasteiger partial charge in [0.15, 0.2) is 0 Å². The second-order valence-corrected chi connectivity index (χ2v) is 6.29. The highest BCUT2D eigenvalue weighted by atomic mass is 19.4. The maximum atomic E-state index is 12.7. The number of benzene rings is 2. The zero-order valence-corrected chi connectivity index (χ0v) is 15.7. The van der Waals surface area contributed by atoms with Gasteiger partial charge in [-0.2, -0.15) is 13.2 Å². The van der Waals surface area contributed by atoms with Crippen LogP contribution in [0.25, 0.3) is 17.5 Å². The number of oxazole rings is 1. The van der Waals surface area contributed by atoms with E-state index >= 15 is 0 Å². The highest BCUT2D eigenvalue weighted by Gasteiger charge is 2.30. The van der Waals surface area contributed by atoms with E-state index in [4.69, 9.17) is 14.3 Å². The predicted molar refractivity (Wildman–Crippen MR) is 103 cm³/mol. The third-order valence-electron chi connectivity index (χ3n) is 4.27. The number of rotatable bonds is 7. The molecule has 0 aliphatic rings. The van der Waals surface area contributed by atoms with Gasteiger partial charge < -0.3 is 14.3 Å². The van der Waals surface area contributed by atoms with Crippen molar-refractivity contribution >= 4 is 6.08 Å². The molecule has 0 saturated carbocycles. The Bertz CT molecular complexity index is 962. The summed E-state index contributed by atoms with van der Waals surface area (Å²) in [4.78, 5) is 4.40. The van der Waals surface area contributed by atoms with Gasteiger partial charge in [0.2, 0.25) is 5.89 Å². The van der Waals surface area contributed by atoms with Gasteiger partial charge >= 0.3 is 6.18 Å². The first-order chi connectivity index (χ1) is 13.9. The maximum absolute atomic E-state index is 12.7. The van der Waals surface area contributed by atoms with Crippen LogP contribution in [-0.4, -0.2) is 16.7 Å². The normalized spacial score (nSPS) is 13.0. The van der Waals surface area contributed by atoms with Crippen LogP contribution < -0.4 is 4.74 Å². The van der Waals surface area contributed by atoms with E-state index in [0.717, 1.165) is 17.7 Å². The van der Waals surface area contributed by atoms with Gasteiger partial charge in [-0.1, -0.05) is 37.3 Å². The number of aliphatic hydroxyl groups is 1. The number of para-hydroxylation sites is 1. The van der Waals surface area contributed by atoms with Gasteiger partial charge in [-0.3, -0.25) is 0 Å². The number of nitrogens with zero attached hydrogens (tertiary/aromatic N) is 1. The summed E-state index contributed by atoms with van der Waals surface area (Å²) in [5.74, 6) is 0.854. The van der Waals surface area contributed by atoms with Crippen molar-refractivity contribution in [1.82, 2.24) is 4.98 Å². The summed E-state index contributed by atoms with van der Waals surface area (Å²) in [6.07, 6.45) is 0.648. The molecule has 3 rings (SSSR count). The minimum atomic E-state index is -4.39. The Kier molecular flexibility index (Phi) is 6.39. The molecule has 7 heteroatoms. The van der Waals surface area contributed by atoms with Gasteiger partial charge in [0, 0.05) is 11.1 Å². The van der Waals surface area contributed by atoms with Crippen molar-refractivity contribution in [2.45, 2.75) is 25.6 Å². The SMILES string of the molecule is CCC(Oc1ccccc1C=CCO)c1coc(-c2ccc(C(F)(F)F)cc2)n1. The molecule has 4 nitrogen and oxygen atoms in total. The van der Waals surface area contributed by atoms with Crippen LogP contribution in [-0.2, 0) is 6.18 Å². The van der Waals surface area contributed by atoms with Crippen LogP contribution in [0.4, 0.5) is 13.2 Å². The fraction of sp³-hybridized carbons (Fsp3) is 0.227. The fourth-order valence-electron chi connectivity index (χ4n) is 2.78. The Hall–Kier alpha value is -3.06. The van der Waals surface area contributed by atoms with Gasteiger partial charge in [-0.25, -0.2) is 4.98 Å². The third-order valence-corrected chi connectivity index (χ3v) is 4.27. The molecule has 0 fully saturated rings. The second kappa shape index (κ2) is 8.96. The molecule has 1 atom stereocenters. The standard InChI is InChI=1S/C22H20F3NO3/c1-2-19(29-20-8-4-3-6-15(20)7-5-13-27)18-14-28-21(26-18)16-9-11-17(12-10-16)22(23,24)25/h3-12,14,19,27H,2,13H2,1H3. The molecule has 0 amide bonds. The Morgan fingerprint density at radius 3 is 2.52 bits per heavy atom. The second-order valence-electron chi connectivity index (χ2n) is 6.29. The zero-order valence-electron chi connectivity index (χ0n) is 15.7. The summed E-state index contributed by atoms with van der Waals surface area (Å²) < 4.78 is 49.7. The van der Waals surface area contributed by atoms with Crippen LogP contribution in [0.15, 0.2) is 65.3 Å². The van der Waals surface area contributed by atoms with Crippen molar-refractivity contribution in [1.29, 1.82) is 0 Å². The van der Waals surface area contributed by atoms with Crippen molar-refractivity contribution in [3.05, 3.63) is 77.7 Å². The van der Waals surface area contributed by atoms with Crippen LogP contribution in [0.5, 0.6) is 5.75 Å². The lowest BCUT2D eigenvalue weighted by Crippen LogP contribution is -2.07. The molecule has 1 N–H and O–H groups in total. The van der Waals surface area contributed by atoms with Gasteiger partial charge in [-0.15, -0.1) is 0 Å². The van der Waals surface area contributed by atoms with E-state index in [2.05, 4.69) is 4.98 Å². The molecule has 0 aliphatic carbocycles. The molecule has 0 bridgehead atoms. The van der Waals surface area contributed by atoms with Crippen molar-refractivity contribution in [2.24, 2.45) is 0 Å². The van der Waals surface area contributed by atoms with E-state index in [1.54, 1.807) is 12.2 Å². The van der Waals surface area contributed by atoms with E-state index < -0.39 is 17.8 Å². The topological polar surface area (TPSA) is 55.5 Å². The number of aliphatic hydroxyl groups excluding tert-OH is 1. The lowest BCUT2D eigenvalue weighted by atomic mass is 10.1. The number of alkyl halides is 3. The first-order valence-corrected chi connectivity index (χ1v) is 9.08. The van der Waals surface area contributed by atoms with E-state index in [1.165, 1.54) is 18.4 Å². The van der Waals surface area contributed by atoms with Gasteiger partial charge in [-0.05, 0) is 36.8 Å². The van der Waals surface area contributed by atoms with Crippen molar-refractivity contribution in [3.8, 4) is 17.2 Å². The summed E-state index contributed by atoms with van der Waals surface area (Å²) in [6, 6.07) is 12.0. The molecular formula is C22H20F3NO3. The van der Waals surface area contributed by atoms with Gasteiger partial charge in [0.25, 0.3) is 0 Å². The number of halogens is 3. The monoisotopic (exact) mass is 403 g/mol. The van der Waals surface area contributed by atoms with Crippen molar-refractivity contribution in [3.63, 3.8) is 0 Å². The first-order valence-electron chi connectivity index (χ1n) is 9.08. The molecule has 2 aromatic carbocycles. The summed E-state index contributed by atoms with van der Waals surface area (Å²) in [5, 5.41) is 8.98. The van der Waals surface area contributed by atoms with E-state index in [9.17, 15) is 13.2 Å². The van der Waals surface area contributed by atoms with Crippen molar-refractivity contribution < 1.29 is 27.4 Å². The molecule has 0 saturated heterocycles. The molecule has 29 heavy (non-hydrogen) atoms. The molecule has 3 aromatic rings. The van der Waals surface area contributed by atoms with E-state index in [-0.39, 0.29) is 12.5 Å². The molecule has 1 unspecified atom stereocenters. The first kappa shape index (κ1) is 20.7. The Labute approximate surface area is 166 Å². The maximum Gasteiger partial charge on any atom is 0.416 e. The molecule has 1 aromatic heterocycles. The summed E-state index contributed by atoms with van der Waals surface area (Å²) in [7, 11) is 0. The molecule has 0 spiro atoms. The molecular weight excluding hydrogens is 383 g/mol. The quantitative estimate of drug-likeness (QED) is 0.534.